The Hall–Kier alpha value is -2.38. The van der Waals surface area contributed by atoms with Gasteiger partial charge in [-0.2, -0.15) is 13.2 Å². The van der Waals surface area contributed by atoms with E-state index in [0.717, 1.165) is 51.3 Å². The van der Waals surface area contributed by atoms with Gasteiger partial charge in [0.05, 0.1) is 12.1 Å². The maximum absolute atomic E-state index is 12.8. The molecule has 4 nitrogen and oxygen atoms in total. The van der Waals surface area contributed by atoms with Crippen molar-refractivity contribution >= 4 is 11.6 Å². The summed E-state index contributed by atoms with van der Waals surface area (Å²) in [4.78, 5) is 16.7. The maximum Gasteiger partial charge on any atom is 0.416 e. The summed E-state index contributed by atoms with van der Waals surface area (Å²) < 4.78 is 38.4. The molecule has 1 heterocycles. The number of hydrogen-bond donors (Lipinski definition) is 1. The van der Waals surface area contributed by atoms with E-state index in [1.54, 1.807) is 0 Å². The molecular formula is C21H24F3N3O. The van der Waals surface area contributed by atoms with Crippen molar-refractivity contribution in [2.24, 2.45) is 0 Å². The molecule has 2 aromatic carbocycles. The van der Waals surface area contributed by atoms with Crippen LogP contribution in [0.3, 0.4) is 0 Å². The predicted octanol–water partition coefficient (Wildman–Crippen LogP) is 3.85. The van der Waals surface area contributed by atoms with Crippen molar-refractivity contribution in [3.8, 4) is 0 Å². The Balaban J connectivity index is 1.49. The van der Waals surface area contributed by atoms with Gasteiger partial charge in [0.25, 0.3) is 0 Å². The lowest BCUT2D eigenvalue weighted by atomic mass is 10.2. The van der Waals surface area contributed by atoms with Gasteiger partial charge in [-0.25, -0.2) is 0 Å². The first-order valence-corrected chi connectivity index (χ1v) is 9.36. The summed E-state index contributed by atoms with van der Waals surface area (Å²) in [5.74, 6) is -0.296. The van der Waals surface area contributed by atoms with Crippen LogP contribution in [0.5, 0.6) is 0 Å². The Morgan fingerprint density at radius 2 is 1.64 bits per heavy atom. The van der Waals surface area contributed by atoms with Crippen LogP contribution in [0.2, 0.25) is 0 Å². The number of hydrogen-bond acceptors (Lipinski definition) is 3. The normalized spacial score (nSPS) is 16.5. The highest BCUT2D eigenvalue weighted by Crippen LogP contribution is 2.30. The molecule has 1 aliphatic heterocycles. The summed E-state index contributed by atoms with van der Waals surface area (Å²) in [7, 11) is 0. The van der Waals surface area contributed by atoms with Gasteiger partial charge in [0, 0.05) is 25.3 Å². The molecule has 28 heavy (non-hydrogen) atoms. The first-order valence-electron chi connectivity index (χ1n) is 9.36. The van der Waals surface area contributed by atoms with E-state index in [4.69, 9.17) is 0 Å². The third kappa shape index (κ3) is 6.07. The van der Waals surface area contributed by atoms with Crippen molar-refractivity contribution < 1.29 is 18.0 Å². The molecule has 1 N–H and O–H groups in total. The van der Waals surface area contributed by atoms with Crippen LogP contribution < -0.4 is 5.32 Å². The average Bonchev–Trinajstić information content (AvgIpc) is 2.87. The van der Waals surface area contributed by atoms with Crippen LogP contribution in [0.15, 0.2) is 54.6 Å². The van der Waals surface area contributed by atoms with Crippen molar-refractivity contribution in [1.82, 2.24) is 9.80 Å². The zero-order valence-corrected chi connectivity index (χ0v) is 15.6. The van der Waals surface area contributed by atoms with Crippen molar-refractivity contribution in [2.45, 2.75) is 19.1 Å². The van der Waals surface area contributed by atoms with Gasteiger partial charge in [-0.3, -0.25) is 14.6 Å². The monoisotopic (exact) mass is 391 g/mol. The minimum absolute atomic E-state index is 0.167. The molecule has 0 bridgehead atoms. The molecule has 150 valence electrons. The van der Waals surface area contributed by atoms with E-state index < -0.39 is 11.7 Å². The lowest BCUT2D eigenvalue weighted by molar-refractivity contribution is -0.137. The van der Waals surface area contributed by atoms with E-state index in [1.165, 1.54) is 17.7 Å². The second kappa shape index (κ2) is 9.21. The van der Waals surface area contributed by atoms with Gasteiger partial charge >= 0.3 is 6.18 Å². The summed E-state index contributed by atoms with van der Waals surface area (Å²) in [6.07, 6.45) is -3.47. The molecule has 3 rings (SSSR count). The van der Waals surface area contributed by atoms with Gasteiger partial charge in [-0.1, -0.05) is 36.4 Å². The fourth-order valence-corrected chi connectivity index (χ4v) is 3.36. The third-order valence-electron chi connectivity index (χ3n) is 4.77. The van der Waals surface area contributed by atoms with E-state index in [2.05, 4.69) is 22.3 Å². The van der Waals surface area contributed by atoms with Crippen LogP contribution >= 0.6 is 0 Å². The van der Waals surface area contributed by atoms with Gasteiger partial charge < -0.3 is 5.32 Å². The first kappa shape index (κ1) is 20.4. The van der Waals surface area contributed by atoms with Crippen LogP contribution in [0.1, 0.15) is 17.5 Å². The second-order valence-corrected chi connectivity index (χ2v) is 7.02. The largest absolute Gasteiger partial charge is 0.416 e. The number of amides is 1. The topological polar surface area (TPSA) is 35.6 Å². The predicted molar refractivity (Wildman–Crippen MR) is 103 cm³/mol. The number of nitrogens with one attached hydrogen (secondary N) is 1. The van der Waals surface area contributed by atoms with Crippen LogP contribution in [0, 0.1) is 0 Å². The third-order valence-corrected chi connectivity index (χ3v) is 4.77. The van der Waals surface area contributed by atoms with Crippen molar-refractivity contribution in [3.63, 3.8) is 0 Å². The molecule has 2 aromatic rings. The molecule has 0 spiro atoms. The van der Waals surface area contributed by atoms with Gasteiger partial charge in [0.2, 0.25) is 5.91 Å². The lowest BCUT2D eigenvalue weighted by Gasteiger charge is -2.21. The summed E-state index contributed by atoms with van der Waals surface area (Å²) >= 11 is 0. The molecule has 0 radical (unpaired) electrons. The van der Waals surface area contributed by atoms with E-state index in [-0.39, 0.29) is 18.1 Å². The standard InChI is InChI=1S/C21H24F3N3O/c22-21(23,24)18-8-4-9-19(14-18)25-20(28)16-27-11-5-10-26(12-13-27)15-17-6-2-1-3-7-17/h1-4,6-9,14H,5,10-13,15-16H2,(H,25,28). The fraction of sp³-hybridized carbons (Fsp3) is 0.381. The molecule has 1 amide bonds. The molecule has 1 saturated heterocycles. The molecule has 0 aliphatic carbocycles. The SMILES string of the molecule is O=C(CN1CCCN(Cc2ccccc2)CC1)Nc1cccc(C(F)(F)F)c1. The quantitative estimate of drug-likeness (QED) is 0.841. The summed E-state index contributed by atoms with van der Waals surface area (Å²) in [6, 6.07) is 15.0. The molecular weight excluding hydrogens is 367 g/mol. The van der Waals surface area contributed by atoms with Crippen molar-refractivity contribution in [2.75, 3.05) is 38.0 Å². The van der Waals surface area contributed by atoms with E-state index in [1.807, 2.05) is 23.1 Å². The van der Waals surface area contributed by atoms with Crippen molar-refractivity contribution in [1.29, 1.82) is 0 Å². The Bertz CT molecular complexity index is 780. The Kier molecular flexibility index (Phi) is 6.70. The number of halogens is 3. The number of alkyl halides is 3. The zero-order chi connectivity index (χ0) is 20.0. The number of nitrogens with zero attached hydrogens (tertiary/aromatic N) is 2. The van der Waals surface area contributed by atoms with Crippen LogP contribution in [-0.2, 0) is 17.5 Å². The molecule has 0 unspecified atom stereocenters. The van der Waals surface area contributed by atoms with Crippen LogP contribution in [0.4, 0.5) is 18.9 Å². The molecule has 0 saturated carbocycles. The molecule has 7 heteroatoms. The summed E-state index contributed by atoms with van der Waals surface area (Å²) in [6.45, 7) is 4.41. The molecule has 1 aliphatic rings. The minimum Gasteiger partial charge on any atom is -0.325 e. The van der Waals surface area contributed by atoms with Crippen LogP contribution in [-0.4, -0.2) is 48.4 Å². The number of anilines is 1. The smallest absolute Gasteiger partial charge is 0.325 e. The lowest BCUT2D eigenvalue weighted by Crippen LogP contribution is -2.36. The first-order chi connectivity index (χ1) is 13.4. The molecule has 0 aromatic heterocycles. The maximum atomic E-state index is 12.8. The summed E-state index contributed by atoms with van der Waals surface area (Å²) in [5.41, 5.74) is 0.662. The number of carbonyl (C=O) groups excluding carboxylic acids is 1. The molecule has 1 fully saturated rings. The second-order valence-electron chi connectivity index (χ2n) is 7.02. The van der Waals surface area contributed by atoms with Gasteiger partial charge in [0.1, 0.15) is 0 Å². The van der Waals surface area contributed by atoms with Gasteiger partial charge in [-0.15, -0.1) is 0 Å². The van der Waals surface area contributed by atoms with E-state index in [9.17, 15) is 18.0 Å². The Morgan fingerprint density at radius 1 is 0.929 bits per heavy atom. The highest BCUT2D eigenvalue weighted by molar-refractivity contribution is 5.92. The van der Waals surface area contributed by atoms with Gasteiger partial charge in [-0.05, 0) is 43.3 Å². The average molecular weight is 391 g/mol. The Labute approximate surface area is 162 Å². The molecule has 0 atom stereocenters. The fourth-order valence-electron chi connectivity index (χ4n) is 3.36. The minimum atomic E-state index is -4.42. The number of carbonyl (C=O) groups is 1. The number of benzene rings is 2. The van der Waals surface area contributed by atoms with E-state index >= 15 is 0 Å². The Morgan fingerprint density at radius 3 is 2.39 bits per heavy atom. The van der Waals surface area contributed by atoms with Gasteiger partial charge in [0.15, 0.2) is 0 Å². The highest BCUT2D eigenvalue weighted by atomic mass is 19.4. The number of rotatable bonds is 5. The van der Waals surface area contributed by atoms with E-state index in [0.29, 0.717) is 0 Å². The zero-order valence-electron chi connectivity index (χ0n) is 15.6. The van der Waals surface area contributed by atoms with Crippen LogP contribution in [0.25, 0.3) is 0 Å². The van der Waals surface area contributed by atoms with Crippen molar-refractivity contribution in [3.05, 3.63) is 65.7 Å². The summed E-state index contributed by atoms with van der Waals surface area (Å²) in [5, 5.41) is 2.58. The highest BCUT2D eigenvalue weighted by Gasteiger charge is 2.30.